The number of nitrogens with zero attached hydrogens (tertiary/aromatic N) is 2. The van der Waals surface area contributed by atoms with Gasteiger partial charge in [-0.2, -0.15) is 0 Å². The molecule has 0 saturated carbocycles. The lowest BCUT2D eigenvalue weighted by Gasteiger charge is -2.37. The highest BCUT2D eigenvalue weighted by Gasteiger charge is 2.25. The molecule has 2 amide bonds. The summed E-state index contributed by atoms with van der Waals surface area (Å²) in [4.78, 5) is 28.6. The Kier molecular flexibility index (Phi) is 7.40. The average molecular weight is 346 g/mol. The van der Waals surface area contributed by atoms with Gasteiger partial charge in [0, 0.05) is 38.4 Å². The van der Waals surface area contributed by atoms with Gasteiger partial charge in [0.1, 0.15) is 0 Å². The Labute approximate surface area is 150 Å². The third-order valence-electron chi connectivity index (χ3n) is 4.72. The van der Waals surface area contributed by atoms with E-state index in [0.717, 1.165) is 43.9 Å². The van der Waals surface area contributed by atoms with Crippen LogP contribution in [0.4, 0.5) is 5.69 Å². The predicted octanol–water partition coefficient (Wildman–Crippen LogP) is 1.33. The summed E-state index contributed by atoms with van der Waals surface area (Å²) in [5.74, 6) is 0.0935. The van der Waals surface area contributed by atoms with Crippen molar-refractivity contribution in [1.82, 2.24) is 15.1 Å². The van der Waals surface area contributed by atoms with Crippen molar-refractivity contribution >= 4 is 17.5 Å². The first-order chi connectivity index (χ1) is 12.0. The van der Waals surface area contributed by atoms with Gasteiger partial charge in [-0.25, -0.2) is 0 Å². The molecule has 6 nitrogen and oxygen atoms in total. The minimum Gasteiger partial charge on any atom is -0.355 e. The predicted molar refractivity (Wildman–Crippen MR) is 101 cm³/mol. The molecular weight excluding hydrogens is 316 g/mol. The number of aryl methyl sites for hydroxylation is 1. The van der Waals surface area contributed by atoms with Crippen molar-refractivity contribution < 1.29 is 9.59 Å². The summed E-state index contributed by atoms with van der Waals surface area (Å²) in [6.45, 7) is 10.2. The third-order valence-corrected chi connectivity index (χ3v) is 4.72. The van der Waals surface area contributed by atoms with Crippen LogP contribution in [0.3, 0.4) is 0 Å². The van der Waals surface area contributed by atoms with Crippen molar-refractivity contribution in [2.75, 3.05) is 44.6 Å². The molecule has 0 aliphatic carbocycles. The van der Waals surface area contributed by atoms with Crippen LogP contribution in [-0.4, -0.2) is 66.9 Å². The molecular formula is C19H30N4O2. The number of carbonyl (C=O) groups excluding carboxylic acids is 2. The first-order valence-corrected chi connectivity index (χ1v) is 9.17. The molecule has 1 aliphatic rings. The first-order valence-electron chi connectivity index (χ1n) is 9.17. The van der Waals surface area contributed by atoms with Crippen LogP contribution in [-0.2, 0) is 16.0 Å². The van der Waals surface area contributed by atoms with Gasteiger partial charge in [-0.3, -0.25) is 19.4 Å². The summed E-state index contributed by atoms with van der Waals surface area (Å²) in [5.41, 5.74) is 2.05. The molecule has 0 aromatic heterocycles. The minimum atomic E-state index is -0.118. The summed E-state index contributed by atoms with van der Waals surface area (Å²) >= 11 is 0. The highest BCUT2D eigenvalue weighted by Crippen LogP contribution is 2.15. The molecule has 0 spiro atoms. The number of nitrogens with one attached hydrogen (secondary N) is 2. The molecule has 2 N–H and O–H groups in total. The van der Waals surface area contributed by atoms with Crippen molar-refractivity contribution in [2.45, 2.75) is 33.2 Å². The highest BCUT2D eigenvalue weighted by atomic mass is 16.2. The number of piperazine rings is 1. The third kappa shape index (κ3) is 5.54. The summed E-state index contributed by atoms with van der Waals surface area (Å²) in [5, 5.41) is 5.89. The SMILES string of the molecule is CCNC(=O)[C@H](C)N1CCN(CC(=O)Nc2ccccc2CC)CC1. The Morgan fingerprint density at radius 2 is 1.80 bits per heavy atom. The van der Waals surface area contributed by atoms with E-state index in [1.807, 2.05) is 38.1 Å². The number of hydrogen-bond donors (Lipinski definition) is 2. The van der Waals surface area contributed by atoms with E-state index >= 15 is 0 Å². The average Bonchev–Trinajstić information content (AvgIpc) is 2.62. The monoisotopic (exact) mass is 346 g/mol. The molecule has 1 aromatic carbocycles. The fourth-order valence-electron chi connectivity index (χ4n) is 3.14. The minimum absolute atomic E-state index is 0.0196. The van der Waals surface area contributed by atoms with E-state index in [-0.39, 0.29) is 17.9 Å². The normalized spacial score (nSPS) is 17.1. The zero-order valence-electron chi connectivity index (χ0n) is 15.5. The van der Waals surface area contributed by atoms with Crippen LogP contribution < -0.4 is 10.6 Å². The molecule has 2 rings (SSSR count). The summed E-state index contributed by atoms with van der Waals surface area (Å²) in [7, 11) is 0. The van der Waals surface area contributed by atoms with E-state index in [0.29, 0.717) is 13.1 Å². The Hall–Kier alpha value is -1.92. The van der Waals surface area contributed by atoms with Gasteiger partial charge in [-0.1, -0.05) is 25.1 Å². The maximum atomic E-state index is 12.3. The molecule has 0 unspecified atom stereocenters. The van der Waals surface area contributed by atoms with Crippen LogP contribution in [0, 0.1) is 0 Å². The Morgan fingerprint density at radius 1 is 1.12 bits per heavy atom. The fraction of sp³-hybridized carbons (Fsp3) is 0.579. The second-order valence-electron chi connectivity index (χ2n) is 6.44. The lowest BCUT2D eigenvalue weighted by molar-refractivity contribution is -0.127. The molecule has 1 heterocycles. The maximum Gasteiger partial charge on any atom is 0.238 e. The molecule has 1 aliphatic heterocycles. The number of amides is 2. The fourth-order valence-corrected chi connectivity index (χ4v) is 3.14. The van der Waals surface area contributed by atoms with Gasteiger partial charge in [-0.15, -0.1) is 0 Å². The number of rotatable bonds is 7. The van der Waals surface area contributed by atoms with Crippen LogP contribution in [0.25, 0.3) is 0 Å². The van der Waals surface area contributed by atoms with E-state index in [1.165, 1.54) is 0 Å². The molecule has 0 bridgehead atoms. The van der Waals surface area contributed by atoms with Gasteiger partial charge < -0.3 is 10.6 Å². The summed E-state index contributed by atoms with van der Waals surface area (Å²) in [6, 6.07) is 7.80. The van der Waals surface area contributed by atoms with Gasteiger partial charge in [0.25, 0.3) is 0 Å². The quantitative estimate of drug-likeness (QED) is 0.782. The number of carbonyl (C=O) groups is 2. The van der Waals surface area contributed by atoms with Gasteiger partial charge in [-0.05, 0) is 31.9 Å². The van der Waals surface area contributed by atoms with Gasteiger partial charge in [0.2, 0.25) is 11.8 Å². The molecule has 138 valence electrons. The van der Waals surface area contributed by atoms with E-state index in [4.69, 9.17) is 0 Å². The molecule has 1 aromatic rings. The van der Waals surface area contributed by atoms with Gasteiger partial charge in [0.05, 0.1) is 12.6 Å². The first kappa shape index (κ1) is 19.4. The zero-order chi connectivity index (χ0) is 18.2. The van der Waals surface area contributed by atoms with Crippen molar-refractivity contribution in [3.8, 4) is 0 Å². The van der Waals surface area contributed by atoms with Crippen LogP contribution in [0.2, 0.25) is 0 Å². The van der Waals surface area contributed by atoms with E-state index < -0.39 is 0 Å². The highest BCUT2D eigenvalue weighted by molar-refractivity contribution is 5.93. The van der Waals surface area contributed by atoms with Crippen molar-refractivity contribution in [3.05, 3.63) is 29.8 Å². The largest absolute Gasteiger partial charge is 0.355 e. The lowest BCUT2D eigenvalue weighted by atomic mass is 10.1. The number of hydrogen-bond acceptors (Lipinski definition) is 4. The second-order valence-corrected chi connectivity index (χ2v) is 6.44. The Balaban J connectivity index is 1.79. The molecule has 1 saturated heterocycles. The second kappa shape index (κ2) is 9.53. The van der Waals surface area contributed by atoms with Crippen LogP contribution in [0.5, 0.6) is 0 Å². The standard InChI is InChI=1S/C19H30N4O2/c1-4-16-8-6-7-9-17(16)21-18(24)14-22-10-12-23(13-11-22)15(3)19(25)20-5-2/h6-9,15H,4-5,10-14H2,1-3H3,(H,20,25)(H,21,24)/t15-/m0/s1. The van der Waals surface area contributed by atoms with Gasteiger partial charge in [0.15, 0.2) is 0 Å². The van der Waals surface area contributed by atoms with E-state index in [9.17, 15) is 9.59 Å². The molecule has 1 atom stereocenters. The zero-order valence-corrected chi connectivity index (χ0v) is 15.5. The number of likely N-dealkylation sites (N-methyl/N-ethyl adjacent to an activating group) is 1. The molecule has 1 fully saturated rings. The smallest absolute Gasteiger partial charge is 0.238 e. The number of para-hydroxylation sites is 1. The number of benzene rings is 1. The molecule has 0 radical (unpaired) electrons. The van der Waals surface area contributed by atoms with Crippen LogP contribution >= 0.6 is 0 Å². The van der Waals surface area contributed by atoms with E-state index in [1.54, 1.807) is 0 Å². The topological polar surface area (TPSA) is 64.7 Å². The summed E-state index contributed by atoms with van der Waals surface area (Å²) in [6.07, 6.45) is 0.896. The van der Waals surface area contributed by atoms with Crippen molar-refractivity contribution in [3.63, 3.8) is 0 Å². The molecule has 6 heteroatoms. The number of anilines is 1. The van der Waals surface area contributed by atoms with Crippen LogP contribution in [0.15, 0.2) is 24.3 Å². The van der Waals surface area contributed by atoms with Crippen LogP contribution in [0.1, 0.15) is 26.3 Å². The van der Waals surface area contributed by atoms with Gasteiger partial charge >= 0.3 is 0 Å². The molecule has 25 heavy (non-hydrogen) atoms. The Morgan fingerprint density at radius 3 is 2.44 bits per heavy atom. The van der Waals surface area contributed by atoms with Crippen molar-refractivity contribution in [2.24, 2.45) is 0 Å². The Bertz CT molecular complexity index is 583. The summed E-state index contributed by atoms with van der Waals surface area (Å²) < 4.78 is 0. The lowest BCUT2D eigenvalue weighted by Crippen LogP contribution is -2.54. The maximum absolute atomic E-state index is 12.3. The van der Waals surface area contributed by atoms with E-state index in [2.05, 4.69) is 27.4 Å². The van der Waals surface area contributed by atoms with Crippen molar-refractivity contribution in [1.29, 1.82) is 0 Å².